The number of carboxylic acids is 1. The highest BCUT2D eigenvalue weighted by Gasteiger charge is 2.33. The second-order valence-electron chi connectivity index (χ2n) is 5.26. The van der Waals surface area contributed by atoms with E-state index >= 15 is 0 Å². The number of methoxy groups -OCH3 is 1. The average molecular weight is 345 g/mol. The zero-order valence-electron chi connectivity index (χ0n) is 11.7. The third kappa shape index (κ3) is 2.70. The molecular formula is C14H17BrO5. The van der Waals surface area contributed by atoms with E-state index in [2.05, 4.69) is 15.9 Å². The van der Waals surface area contributed by atoms with Crippen molar-refractivity contribution in [2.24, 2.45) is 5.41 Å². The van der Waals surface area contributed by atoms with E-state index in [1.807, 2.05) is 0 Å². The molecule has 1 aliphatic rings. The molecule has 0 unspecified atom stereocenters. The minimum atomic E-state index is -0.928. The molecule has 0 fully saturated rings. The Morgan fingerprint density at radius 1 is 1.45 bits per heavy atom. The van der Waals surface area contributed by atoms with E-state index in [0.717, 1.165) is 4.47 Å². The first kappa shape index (κ1) is 15.0. The van der Waals surface area contributed by atoms with Crippen LogP contribution in [0.2, 0.25) is 0 Å². The predicted molar refractivity (Wildman–Crippen MR) is 76.8 cm³/mol. The standard InChI is InChI=1S/C14H17BrO5/c1-14(2,13(16)17)7-8-11(18-3)9(15)6-10-12(8)20-5-4-19-10/h6H,4-5,7H2,1-3H3,(H,16,17). The van der Waals surface area contributed by atoms with E-state index in [9.17, 15) is 9.90 Å². The van der Waals surface area contributed by atoms with Gasteiger partial charge in [0.25, 0.3) is 0 Å². The number of aliphatic carboxylic acids is 1. The highest BCUT2D eigenvalue weighted by Crippen LogP contribution is 2.46. The maximum Gasteiger partial charge on any atom is 0.309 e. The van der Waals surface area contributed by atoms with Gasteiger partial charge in [0.15, 0.2) is 11.5 Å². The van der Waals surface area contributed by atoms with Gasteiger partial charge in [-0.25, -0.2) is 0 Å². The first-order valence-corrected chi connectivity index (χ1v) is 7.04. The van der Waals surface area contributed by atoms with Gasteiger partial charge in [0.2, 0.25) is 0 Å². The topological polar surface area (TPSA) is 65.0 Å². The summed E-state index contributed by atoms with van der Waals surface area (Å²) in [5.74, 6) is 0.902. The van der Waals surface area contributed by atoms with Crippen LogP contribution in [0.3, 0.4) is 0 Å². The van der Waals surface area contributed by atoms with Gasteiger partial charge in [-0.15, -0.1) is 0 Å². The van der Waals surface area contributed by atoms with Gasteiger partial charge in [-0.1, -0.05) is 0 Å². The number of carboxylic acid groups (broad SMARTS) is 1. The summed E-state index contributed by atoms with van der Waals surface area (Å²) in [4.78, 5) is 11.4. The average Bonchev–Trinajstić information content (AvgIpc) is 2.38. The Bertz CT molecular complexity index is 539. The SMILES string of the molecule is COc1c(Br)cc2c(c1CC(C)(C)C(=O)O)OCCO2. The molecule has 2 rings (SSSR count). The van der Waals surface area contributed by atoms with Crippen molar-refractivity contribution < 1.29 is 24.1 Å². The van der Waals surface area contributed by atoms with Crippen molar-refractivity contribution in [3.8, 4) is 17.2 Å². The number of hydrogen-bond acceptors (Lipinski definition) is 4. The zero-order valence-corrected chi connectivity index (χ0v) is 13.2. The molecular weight excluding hydrogens is 328 g/mol. The lowest BCUT2D eigenvalue weighted by Gasteiger charge is -2.27. The third-order valence-electron chi connectivity index (χ3n) is 3.24. The highest BCUT2D eigenvalue weighted by atomic mass is 79.9. The van der Waals surface area contributed by atoms with Crippen LogP contribution in [0.4, 0.5) is 0 Å². The van der Waals surface area contributed by atoms with E-state index in [-0.39, 0.29) is 6.42 Å². The van der Waals surface area contributed by atoms with E-state index in [1.54, 1.807) is 27.0 Å². The lowest BCUT2D eigenvalue weighted by atomic mass is 9.85. The molecule has 0 bridgehead atoms. The molecule has 0 spiro atoms. The first-order chi connectivity index (χ1) is 9.36. The zero-order chi connectivity index (χ0) is 14.9. The maximum atomic E-state index is 11.4. The van der Waals surface area contributed by atoms with Crippen molar-refractivity contribution in [1.82, 2.24) is 0 Å². The molecule has 0 atom stereocenters. The minimum Gasteiger partial charge on any atom is -0.495 e. The van der Waals surface area contributed by atoms with Crippen LogP contribution < -0.4 is 14.2 Å². The smallest absolute Gasteiger partial charge is 0.309 e. The fourth-order valence-electron chi connectivity index (χ4n) is 2.10. The molecule has 0 aromatic heterocycles. The molecule has 5 nitrogen and oxygen atoms in total. The van der Waals surface area contributed by atoms with Gasteiger partial charge in [0.1, 0.15) is 19.0 Å². The van der Waals surface area contributed by atoms with Crippen LogP contribution in [0.5, 0.6) is 17.2 Å². The molecule has 0 saturated carbocycles. The van der Waals surface area contributed by atoms with Crippen LogP contribution in [0.15, 0.2) is 10.5 Å². The molecule has 0 aliphatic carbocycles. The molecule has 1 heterocycles. The largest absolute Gasteiger partial charge is 0.495 e. The molecule has 0 radical (unpaired) electrons. The molecule has 110 valence electrons. The second-order valence-corrected chi connectivity index (χ2v) is 6.11. The van der Waals surface area contributed by atoms with Crippen molar-refractivity contribution in [3.05, 3.63) is 16.1 Å². The Morgan fingerprint density at radius 2 is 2.10 bits per heavy atom. The lowest BCUT2D eigenvalue weighted by Crippen LogP contribution is -2.27. The Balaban J connectivity index is 2.54. The van der Waals surface area contributed by atoms with Gasteiger partial charge >= 0.3 is 5.97 Å². The fourth-order valence-corrected chi connectivity index (χ4v) is 2.71. The quantitative estimate of drug-likeness (QED) is 0.909. The van der Waals surface area contributed by atoms with Crippen LogP contribution in [0, 0.1) is 5.41 Å². The Labute approximate surface area is 126 Å². The summed E-state index contributed by atoms with van der Waals surface area (Å²) in [6, 6.07) is 1.78. The van der Waals surface area contributed by atoms with Crippen molar-refractivity contribution in [3.63, 3.8) is 0 Å². The molecule has 20 heavy (non-hydrogen) atoms. The molecule has 0 saturated heterocycles. The molecule has 1 aliphatic heterocycles. The van der Waals surface area contributed by atoms with Crippen LogP contribution >= 0.6 is 15.9 Å². The Morgan fingerprint density at radius 3 is 2.70 bits per heavy atom. The number of fused-ring (bicyclic) bond motifs is 1. The third-order valence-corrected chi connectivity index (χ3v) is 3.82. The van der Waals surface area contributed by atoms with Crippen LogP contribution in [-0.2, 0) is 11.2 Å². The maximum absolute atomic E-state index is 11.4. The number of hydrogen-bond donors (Lipinski definition) is 1. The monoisotopic (exact) mass is 344 g/mol. The first-order valence-electron chi connectivity index (χ1n) is 6.25. The van der Waals surface area contributed by atoms with Gasteiger partial charge < -0.3 is 19.3 Å². The van der Waals surface area contributed by atoms with Gasteiger partial charge in [0, 0.05) is 11.6 Å². The van der Waals surface area contributed by atoms with Crippen molar-refractivity contribution in [2.75, 3.05) is 20.3 Å². The summed E-state index contributed by atoms with van der Waals surface area (Å²) in [6.07, 6.45) is 0.288. The number of halogens is 1. The van der Waals surface area contributed by atoms with Crippen molar-refractivity contribution >= 4 is 21.9 Å². The van der Waals surface area contributed by atoms with Gasteiger partial charge in [-0.2, -0.15) is 0 Å². The van der Waals surface area contributed by atoms with Crippen molar-refractivity contribution in [2.45, 2.75) is 20.3 Å². The second kappa shape index (κ2) is 5.52. The van der Waals surface area contributed by atoms with Gasteiger partial charge in [-0.05, 0) is 36.2 Å². The molecule has 1 aromatic carbocycles. The fraction of sp³-hybridized carbons (Fsp3) is 0.500. The number of rotatable bonds is 4. The van der Waals surface area contributed by atoms with Crippen LogP contribution in [-0.4, -0.2) is 31.4 Å². The summed E-state index contributed by atoms with van der Waals surface area (Å²) >= 11 is 3.42. The van der Waals surface area contributed by atoms with Crippen LogP contribution in [0.25, 0.3) is 0 Å². The molecule has 6 heteroatoms. The summed E-state index contributed by atoms with van der Waals surface area (Å²) in [6.45, 7) is 4.27. The number of ether oxygens (including phenoxy) is 3. The normalized spacial score (nSPS) is 14.0. The minimum absolute atomic E-state index is 0.288. The van der Waals surface area contributed by atoms with Crippen LogP contribution in [0.1, 0.15) is 19.4 Å². The van der Waals surface area contributed by atoms with E-state index < -0.39 is 11.4 Å². The summed E-state index contributed by atoms with van der Waals surface area (Å²) in [5.41, 5.74) is -0.216. The molecule has 1 aromatic rings. The highest BCUT2D eigenvalue weighted by molar-refractivity contribution is 9.10. The summed E-state index contributed by atoms with van der Waals surface area (Å²) in [5, 5.41) is 9.31. The van der Waals surface area contributed by atoms with Gasteiger partial charge in [0.05, 0.1) is 17.0 Å². The van der Waals surface area contributed by atoms with Crippen molar-refractivity contribution in [1.29, 1.82) is 0 Å². The summed E-state index contributed by atoms with van der Waals surface area (Å²) in [7, 11) is 1.55. The summed E-state index contributed by atoms with van der Waals surface area (Å²) < 4.78 is 17.3. The Kier molecular flexibility index (Phi) is 4.13. The van der Waals surface area contributed by atoms with Gasteiger partial charge in [-0.3, -0.25) is 4.79 Å². The molecule has 0 amide bonds. The van der Waals surface area contributed by atoms with E-state index in [0.29, 0.717) is 36.0 Å². The predicted octanol–water partition coefficient (Wildman–Crippen LogP) is 2.88. The number of carbonyl (C=O) groups is 1. The number of benzene rings is 1. The van der Waals surface area contributed by atoms with E-state index in [1.165, 1.54) is 0 Å². The molecule has 1 N–H and O–H groups in total. The lowest BCUT2D eigenvalue weighted by molar-refractivity contribution is -0.146. The Hall–Kier alpha value is -1.43. The van der Waals surface area contributed by atoms with E-state index in [4.69, 9.17) is 14.2 Å².